The van der Waals surface area contributed by atoms with Crippen LogP contribution in [0.25, 0.3) is 111 Å². The number of benzene rings is 9. The second-order valence-corrected chi connectivity index (χ2v) is 14.7. The van der Waals surface area contributed by atoms with Crippen molar-refractivity contribution in [3.63, 3.8) is 0 Å². The molecule has 2 heterocycles. The molecule has 9 aromatic carbocycles. The van der Waals surface area contributed by atoms with Crippen LogP contribution in [0.4, 0.5) is 0 Å². The summed E-state index contributed by atoms with van der Waals surface area (Å²) in [5, 5.41) is 4.60. The fraction of sp³-hybridized carbons (Fsp3) is 0. The molecule has 0 amide bonds. The second kappa shape index (κ2) is 14.5. The van der Waals surface area contributed by atoms with Gasteiger partial charge in [-0.3, -0.25) is 0 Å². The van der Waals surface area contributed by atoms with E-state index >= 15 is 0 Å². The van der Waals surface area contributed by atoms with Gasteiger partial charge in [-0.1, -0.05) is 200 Å². The van der Waals surface area contributed by atoms with Crippen molar-refractivity contribution in [2.75, 3.05) is 0 Å². The third-order valence-corrected chi connectivity index (χ3v) is 11.2. The Bertz CT molecular complexity index is 3320. The lowest BCUT2D eigenvalue weighted by Gasteiger charge is -2.14. The zero-order chi connectivity index (χ0) is 39.1. The van der Waals surface area contributed by atoms with E-state index < -0.39 is 0 Å². The quantitative estimate of drug-likeness (QED) is 0.163. The fourth-order valence-electron chi connectivity index (χ4n) is 8.31. The van der Waals surface area contributed by atoms with Gasteiger partial charge >= 0.3 is 0 Å². The number of fused-ring (bicyclic) bond motifs is 4. The molecule has 0 saturated heterocycles. The summed E-state index contributed by atoms with van der Waals surface area (Å²) in [5.74, 6) is 1.86. The van der Waals surface area contributed by atoms with E-state index in [0.717, 1.165) is 83.1 Å². The van der Waals surface area contributed by atoms with Crippen LogP contribution in [0.1, 0.15) is 0 Å². The molecule has 0 spiro atoms. The molecular formula is C55H35N3O. The van der Waals surface area contributed by atoms with E-state index in [9.17, 15) is 0 Å². The first-order chi connectivity index (χ1) is 29.2. The van der Waals surface area contributed by atoms with Crippen LogP contribution in [-0.4, -0.2) is 15.0 Å². The van der Waals surface area contributed by atoms with Crippen LogP contribution in [0.5, 0.6) is 0 Å². The molecule has 0 atom stereocenters. The van der Waals surface area contributed by atoms with Gasteiger partial charge in [0.1, 0.15) is 11.2 Å². The second-order valence-electron chi connectivity index (χ2n) is 14.7. The largest absolute Gasteiger partial charge is 0.455 e. The van der Waals surface area contributed by atoms with Crippen LogP contribution >= 0.6 is 0 Å². The number of para-hydroxylation sites is 2. The van der Waals surface area contributed by atoms with Gasteiger partial charge in [0.05, 0.1) is 0 Å². The first-order valence-electron chi connectivity index (χ1n) is 19.9. The predicted molar refractivity (Wildman–Crippen MR) is 243 cm³/mol. The number of furan rings is 1. The van der Waals surface area contributed by atoms with Crippen molar-refractivity contribution in [2.24, 2.45) is 0 Å². The van der Waals surface area contributed by atoms with Crippen molar-refractivity contribution < 1.29 is 4.42 Å². The Morgan fingerprint density at radius 3 is 1.53 bits per heavy atom. The Balaban J connectivity index is 1.02. The van der Waals surface area contributed by atoms with Crippen molar-refractivity contribution in [3.05, 3.63) is 212 Å². The Hall–Kier alpha value is -7.95. The molecule has 11 aromatic rings. The van der Waals surface area contributed by atoms with E-state index in [4.69, 9.17) is 19.4 Å². The molecule has 0 radical (unpaired) electrons. The maximum atomic E-state index is 6.47. The molecule has 0 fully saturated rings. The van der Waals surface area contributed by atoms with Gasteiger partial charge in [0.2, 0.25) is 0 Å². The lowest BCUT2D eigenvalue weighted by atomic mass is 9.91. The van der Waals surface area contributed by atoms with Crippen molar-refractivity contribution in [1.82, 2.24) is 15.0 Å². The summed E-state index contributed by atoms with van der Waals surface area (Å²) in [5.41, 5.74) is 13.5. The number of aromatic nitrogens is 3. The third-order valence-electron chi connectivity index (χ3n) is 11.2. The Kier molecular flexibility index (Phi) is 8.45. The lowest BCUT2D eigenvalue weighted by molar-refractivity contribution is 0.670. The van der Waals surface area contributed by atoms with Gasteiger partial charge in [-0.15, -0.1) is 0 Å². The topological polar surface area (TPSA) is 51.8 Å². The molecule has 0 saturated carbocycles. The zero-order valence-corrected chi connectivity index (χ0v) is 32.0. The predicted octanol–water partition coefficient (Wildman–Crippen LogP) is 14.6. The van der Waals surface area contributed by atoms with Crippen LogP contribution in [-0.2, 0) is 0 Å². The molecule has 0 aliphatic carbocycles. The van der Waals surface area contributed by atoms with E-state index in [1.807, 2.05) is 30.3 Å². The molecular weight excluding hydrogens is 719 g/mol. The van der Waals surface area contributed by atoms with Crippen LogP contribution in [0.3, 0.4) is 0 Å². The minimum absolute atomic E-state index is 0.615. The summed E-state index contributed by atoms with van der Waals surface area (Å²) in [6.45, 7) is 0. The summed E-state index contributed by atoms with van der Waals surface area (Å²) >= 11 is 0. The van der Waals surface area contributed by atoms with E-state index in [2.05, 4.69) is 182 Å². The lowest BCUT2D eigenvalue weighted by Crippen LogP contribution is -2.01. The SMILES string of the molecule is c1ccc(-c2cccc(-c3nc(-c4ccc(-c5ccc(-c6cccc7c6oc6ccccc67)c6ccccc56)cc4)nc(-c4ccccc4-c4ccccc4)n3)c2)cc1. The Morgan fingerprint density at radius 1 is 0.254 bits per heavy atom. The molecule has 11 rings (SSSR count). The molecule has 0 N–H and O–H groups in total. The maximum absolute atomic E-state index is 6.47. The summed E-state index contributed by atoms with van der Waals surface area (Å²) in [6.07, 6.45) is 0. The smallest absolute Gasteiger partial charge is 0.164 e. The van der Waals surface area contributed by atoms with Gasteiger partial charge in [-0.25, -0.2) is 15.0 Å². The Morgan fingerprint density at radius 2 is 0.746 bits per heavy atom. The van der Waals surface area contributed by atoms with Gasteiger partial charge in [0, 0.05) is 33.0 Å². The minimum atomic E-state index is 0.615. The Labute approximate surface area is 341 Å². The first kappa shape index (κ1) is 34.3. The number of nitrogens with zero attached hydrogens (tertiary/aromatic N) is 3. The molecule has 4 heteroatoms. The average Bonchev–Trinajstić information content (AvgIpc) is 3.71. The fourth-order valence-corrected chi connectivity index (χ4v) is 8.31. The highest BCUT2D eigenvalue weighted by Gasteiger charge is 2.18. The minimum Gasteiger partial charge on any atom is -0.455 e. The molecule has 59 heavy (non-hydrogen) atoms. The monoisotopic (exact) mass is 753 g/mol. The molecule has 0 aliphatic heterocycles. The average molecular weight is 754 g/mol. The molecule has 0 aliphatic rings. The third kappa shape index (κ3) is 6.24. The number of rotatable bonds is 7. The van der Waals surface area contributed by atoms with E-state index in [0.29, 0.717) is 17.5 Å². The van der Waals surface area contributed by atoms with Crippen LogP contribution < -0.4 is 0 Å². The van der Waals surface area contributed by atoms with Gasteiger partial charge in [-0.05, 0) is 61.8 Å². The highest BCUT2D eigenvalue weighted by molar-refractivity contribution is 6.13. The molecule has 276 valence electrons. The maximum Gasteiger partial charge on any atom is 0.164 e. The van der Waals surface area contributed by atoms with Crippen LogP contribution in [0.2, 0.25) is 0 Å². The number of hydrogen-bond donors (Lipinski definition) is 0. The van der Waals surface area contributed by atoms with Crippen molar-refractivity contribution >= 4 is 32.7 Å². The van der Waals surface area contributed by atoms with Gasteiger partial charge < -0.3 is 4.42 Å². The molecule has 0 bridgehead atoms. The standard InChI is InChI=1S/C55H35N3O/c1-3-15-36(16-4-1)40-19-13-20-41(35-40)54-56-53(57-55(58-54)50-25-10-7-21-42(50)37-17-5-2-6-18-37)39-31-29-38(30-32-39)43-33-34-46(45-23-9-8-22-44(43)45)48-26-14-27-49-47-24-11-12-28-51(47)59-52(48)49/h1-35H. The summed E-state index contributed by atoms with van der Waals surface area (Å²) in [4.78, 5) is 15.5. The van der Waals surface area contributed by atoms with Crippen LogP contribution in [0, 0.1) is 0 Å². The first-order valence-corrected chi connectivity index (χ1v) is 19.9. The molecule has 2 aromatic heterocycles. The van der Waals surface area contributed by atoms with E-state index in [1.165, 1.54) is 10.8 Å². The summed E-state index contributed by atoms with van der Waals surface area (Å²) in [6, 6.07) is 73.9. The van der Waals surface area contributed by atoms with E-state index in [1.54, 1.807) is 0 Å². The highest BCUT2D eigenvalue weighted by atomic mass is 16.3. The molecule has 0 unspecified atom stereocenters. The normalized spacial score (nSPS) is 11.4. The summed E-state index contributed by atoms with van der Waals surface area (Å²) in [7, 11) is 0. The van der Waals surface area contributed by atoms with Crippen molar-refractivity contribution in [3.8, 4) is 78.7 Å². The van der Waals surface area contributed by atoms with E-state index in [-0.39, 0.29) is 0 Å². The van der Waals surface area contributed by atoms with Gasteiger partial charge in [-0.2, -0.15) is 0 Å². The van der Waals surface area contributed by atoms with Crippen molar-refractivity contribution in [1.29, 1.82) is 0 Å². The van der Waals surface area contributed by atoms with Gasteiger partial charge in [0.15, 0.2) is 17.5 Å². The van der Waals surface area contributed by atoms with Crippen molar-refractivity contribution in [2.45, 2.75) is 0 Å². The highest BCUT2D eigenvalue weighted by Crippen LogP contribution is 2.41. The zero-order valence-electron chi connectivity index (χ0n) is 32.0. The van der Waals surface area contributed by atoms with Gasteiger partial charge in [0.25, 0.3) is 0 Å². The van der Waals surface area contributed by atoms with Crippen LogP contribution in [0.15, 0.2) is 217 Å². The number of hydrogen-bond acceptors (Lipinski definition) is 4. The molecule has 4 nitrogen and oxygen atoms in total. The summed E-state index contributed by atoms with van der Waals surface area (Å²) < 4.78 is 6.47.